The molecule has 1 radical (unpaired) electrons. The van der Waals surface area contributed by atoms with Crippen LogP contribution in [0.3, 0.4) is 0 Å². The molecule has 0 aliphatic carbocycles. The Bertz CT molecular complexity index is 758. The summed E-state index contributed by atoms with van der Waals surface area (Å²) < 4.78 is 14.2. The van der Waals surface area contributed by atoms with Crippen molar-refractivity contribution in [2.24, 2.45) is 0 Å². The van der Waals surface area contributed by atoms with Gasteiger partial charge in [0.1, 0.15) is 5.82 Å². The van der Waals surface area contributed by atoms with Crippen LogP contribution in [-0.4, -0.2) is 36.1 Å². The quantitative estimate of drug-likeness (QED) is 0.734. The number of piperazine rings is 1. The SMILES string of the molecule is Fc1ccc(CN2CCN(c3nc4c[c]ccc4s3)CC2)cc1. The summed E-state index contributed by atoms with van der Waals surface area (Å²) in [5.74, 6) is -0.174. The molecule has 1 aliphatic heterocycles. The molecule has 5 heteroatoms. The van der Waals surface area contributed by atoms with E-state index in [4.69, 9.17) is 4.98 Å². The lowest BCUT2D eigenvalue weighted by molar-refractivity contribution is 0.250. The first-order chi connectivity index (χ1) is 11.3. The fourth-order valence-electron chi connectivity index (χ4n) is 2.89. The van der Waals surface area contributed by atoms with Gasteiger partial charge in [-0.25, -0.2) is 9.37 Å². The highest BCUT2D eigenvalue weighted by atomic mass is 32.1. The molecule has 1 aliphatic rings. The lowest BCUT2D eigenvalue weighted by Crippen LogP contribution is -2.45. The zero-order valence-electron chi connectivity index (χ0n) is 12.7. The molecule has 4 rings (SSSR count). The molecule has 1 saturated heterocycles. The van der Waals surface area contributed by atoms with E-state index in [9.17, 15) is 4.39 Å². The van der Waals surface area contributed by atoms with Crippen LogP contribution < -0.4 is 4.90 Å². The van der Waals surface area contributed by atoms with Crippen LogP contribution in [0.4, 0.5) is 9.52 Å². The van der Waals surface area contributed by atoms with E-state index in [2.05, 4.69) is 21.9 Å². The van der Waals surface area contributed by atoms with Gasteiger partial charge in [0.25, 0.3) is 0 Å². The monoisotopic (exact) mass is 326 g/mol. The molecule has 0 unspecified atom stereocenters. The third-order valence-corrected chi connectivity index (χ3v) is 5.28. The van der Waals surface area contributed by atoms with Crippen molar-refractivity contribution in [3.63, 3.8) is 0 Å². The number of anilines is 1. The lowest BCUT2D eigenvalue weighted by Gasteiger charge is -2.34. The van der Waals surface area contributed by atoms with Gasteiger partial charge in [0.15, 0.2) is 5.13 Å². The van der Waals surface area contributed by atoms with Crippen molar-refractivity contribution in [1.29, 1.82) is 0 Å². The molecular weight excluding hydrogens is 309 g/mol. The maximum absolute atomic E-state index is 13.0. The first-order valence-corrected chi connectivity index (χ1v) is 8.58. The zero-order valence-corrected chi connectivity index (χ0v) is 13.5. The number of halogens is 1. The molecule has 1 aromatic heterocycles. The van der Waals surface area contributed by atoms with Crippen molar-refractivity contribution in [1.82, 2.24) is 9.88 Å². The Hall–Kier alpha value is -1.98. The van der Waals surface area contributed by atoms with Gasteiger partial charge < -0.3 is 4.90 Å². The molecule has 2 heterocycles. The highest BCUT2D eigenvalue weighted by molar-refractivity contribution is 7.22. The summed E-state index contributed by atoms with van der Waals surface area (Å²) in [5.41, 5.74) is 2.19. The molecule has 0 bridgehead atoms. The molecule has 0 spiro atoms. The number of benzene rings is 2. The summed E-state index contributed by atoms with van der Waals surface area (Å²) in [4.78, 5) is 9.47. The fourth-order valence-corrected chi connectivity index (χ4v) is 3.88. The first kappa shape index (κ1) is 14.6. The van der Waals surface area contributed by atoms with Crippen molar-refractivity contribution in [2.75, 3.05) is 31.1 Å². The van der Waals surface area contributed by atoms with Crippen LogP contribution in [-0.2, 0) is 6.54 Å². The summed E-state index contributed by atoms with van der Waals surface area (Å²) in [5, 5.41) is 1.10. The number of thiazole rings is 1. The molecule has 3 aromatic rings. The Morgan fingerprint density at radius 1 is 1.09 bits per heavy atom. The van der Waals surface area contributed by atoms with E-state index in [1.807, 2.05) is 24.3 Å². The van der Waals surface area contributed by atoms with Gasteiger partial charge in [-0.1, -0.05) is 29.5 Å². The molecular formula is C18H17FN3S. The van der Waals surface area contributed by atoms with E-state index in [0.717, 1.165) is 48.9 Å². The summed E-state index contributed by atoms with van der Waals surface area (Å²) in [7, 11) is 0. The first-order valence-electron chi connectivity index (χ1n) is 7.76. The van der Waals surface area contributed by atoms with Crippen molar-refractivity contribution in [3.05, 3.63) is 59.9 Å². The standard InChI is InChI=1S/C18H17FN3S/c19-15-7-5-14(6-8-15)13-21-9-11-22(12-10-21)18-20-16-3-1-2-4-17(16)23-18/h2-8H,9-13H2. The average molecular weight is 326 g/mol. The fraction of sp³-hybridized carbons (Fsp3) is 0.278. The van der Waals surface area contributed by atoms with E-state index in [-0.39, 0.29) is 5.82 Å². The van der Waals surface area contributed by atoms with Gasteiger partial charge in [-0.15, -0.1) is 0 Å². The Morgan fingerprint density at radius 2 is 1.87 bits per heavy atom. The van der Waals surface area contributed by atoms with E-state index in [0.29, 0.717) is 0 Å². The van der Waals surface area contributed by atoms with Crippen LogP contribution in [0.5, 0.6) is 0 Å². The molecule has 0 amide bonds. The van der Waals surface area contributed by atoms with E-state index in [1.54, 1.807) is 11.3 Å². The highest BCUT2D eigenvalue weighted by Crippen LogP contribution is 2.29. The molecule has 3 nitrogen and oxygen atoms in total. The van der Waals surface area contributed by atoms with Gasteiger partial charge in [0.2, 0.25) is 0 Å². The van der Waals surface area contributed by atoms with Gasteiger partial charge in [-0.2, -0.15) is 0 Å². The normalized spacial score (nSPS) is 16.1. The van der Waals surface area contributed by atoms with Crippen LogP contribution in [0.2, 0.25) is 0 Å². The molecule has 0 N–H and O–H groups in total. The van der Waals surface area contributed by atoms with Crippen LogP contribution >= 0.6 is 11.3 Å². The Labute approximate surface area is 139 Å². The maximum Gasteiger partial charge on any atom is 0.186 e. The number of rotatable bonds is 3. The van der Waals surface area contributed by atoms with Crippen LogP contribution in [0, 0.1) is 11.9 Å². The Kier molecular flexibility index (Phi) is 3.97. The van der Waals surface area contributed by atoms with Crippen molar-refractivity contribution < 1.29 is 4.39 Å². The smallest absolute Gasteiger partial charge is 0.186 e. The van der Waals surface area contributed by atoms with Crippen molar-refractivity contribution in [2.45, 2.75) is 6.54 Å². The van der Waals surface area contributed by atoms with Crippen LogP contribution in [0.15, 0.2) is 42.5 Å². The average Bonchev–Trinajstić information content (AvgIpc) is 3.02. The predicted octanol–water partition coefficient (Wildman–Crippen LogP) is 3.56. The summed E-state index contributed by atoms with van der Waals surface area (Å²) in [6.45, 7) is 4.83. The van der Waals surface area contributed by atoms with E-state index in [1.165, 1.54) is 16.8 Å². The molecule has 2 aromatic carbocycles. The van der Waals surface area contributed by atoms with Gasteiger partial charge in [0, 0.05) is 32.7 Å². The Balaban J connectivity index is 1.39. The number of fused-ring (bicyclic) bond motifs is 1. The van der Waals surface area contributed by atoms with Crippen LogP contribution in [0.25, 0.3) is 10.2 Å². The summed E-state index contributed by atoms with van der Waals surface area (Å²) >= 11 is 1.75. The second-order valence-electron chi connectivity index (χ2n) is 5.78. The number of hydrogen-bond donors (Lipinski definition) is 0. The van der Waals surface area contributed by atoms with E-state index < -0.39 is 0 Å². The predicted molar refractivity (Wildman–Crippen MR) is 92.3 cm³/mol. The van der Waals surface area contributed by atoms with Crippen molar-refractivity contribution in [3.8, 4) is 0 Å². The molecule has 0 atom stereocenters. The molecule has 1 fully saturated rings. The topological polar surface area (TPSA) is 19.4 Å². The second kappa shape index (κ2) is 6.26. The molecule has 0 saturated carbocycles. The minimum atomic E-state index is -0.174. The van der Waals surface area contributed by atoms with Crippen molar-refractivity contribution >= 4 is 26.7 Å². The summed E-state index contributed by atoms with van der Waals surface area (Å²) in [6.07, 6.45) is 0. The number of aromatic nitrogens is 1. The Morgan fingerprint density at radius 3 is 2.61 bits per heavy atom. The third kappa shape index (κ3) is 3.21. The lowest BCUT2D eigenvalue weighted by atomic mass is 10.2. The largest absolute Gasteiger partial charge is 0.345 e. The van der Waals surface area contributed by atoms with Gasteiger partial charge in [-0.05, 0) is 35.9 Å². The number of hydrogen-bond acceptors (Lipinski definition) is 4. The molecule has 117 valence electrons. The minimum absolute atomic E-state index is 0.174. The van der Waals surface area contributed by atoms with Gasteiger partial charge in [0.05, 0.1) is 10.2 Å². The highest BCUT2D eigenvalue weighted by Gasteiger charge is 2.19. The van der Waals surface area contributed by atoms with Gasteiger partial charge in [-0.3, -0.25) is 4.90 Å². The minimum Gasteiger partial charge on any atom is -0.345 e. The summed E-state index contributed by atoms with van der Waals surface area (Å²) in [6, 6.07) is 15.8. The van der Waals surface area contributed by atoms with Crippen LogP contribution in [0.1, 0.15) is 5.56 Å². The molecule has 23 heavy (non-hydrogen) atoms. The van der Waals surface area contributed by atoms with Gasteiger partial charge >= 0.3 is 0 Å². The maximum atomic E-state index is 13.0. The van der Waals surface area contributed by atoms with E-state index >= 15 is 0 Å². The second-order valence-corrected chi connectivity index (χ2v) is 6.79. The zero-order chi connectivity index (χ0) is 15.6. The number of nitrogens with zero attached hydrogens (tertiary/aromatic N) is 3. The third-order valence-electron chi connectivity index (χ3n) is 4.18.